The van der Waals surface area contributed by atoms with Crippen LogP contribution in [0.2, 0.25) is 0 Å². The van der Waals surface area contributed by atoms with Gasteiger partial charge in [0.15, 0.2) is 0 Å². The van der Waals surface area contributed by atoms with Gasteiger partial charge in [0.25, 0.3) is 0 Å². The lowest BCUT2D eigenvalue weighted by atomic mass is 10.1. The Labute approximate surface area is 148 Å². The zero-order valence-corrected chi connectivity index (χ0v) is 14.7. The Kier molecular flexibility index (Phi) is 14.2. The second-order valence-electron chi connectivity index (χ2n) is 5.16. The average Bonchev–Trinajstić information content (AvgIpc) is 2.55. The van der Waals surface area contributed by atoms with Gasteiger partial charge in [0.2, 0.25) is 0 Å². The molecule has 0 fully saturated rings. The smallest absolute Gasteiger partial charge is 0.312 e. The maximum atomic E-state index is 11.2. The van der Waals surface area contributed by atoms with E-state index < -0.39 is 11.9 Å². The molecule has 0 rings (SSSR count). The fourth-order valence-electron chi connectivity index (χ4n) is 1.73. The number of hydrogen-bond acceptors (Lipinski definition) is 8. The van der Waals surface area contributed by atoms with E-state index in [0.29, 0.717) is 19.8 Å². The van der Waals surface area contributed by atoms with Crippen molar-refractivity contribution in [1.29, 1.82) is 0 Å². The molecule has 0 bridgehead atoms. The highest BCUT2D eigenvalue weighted by Crippen LogP contribution is 2.01. The van der Waals surface area contributed by atoms with Crippen LogP contribution in [0.25, 0.3) is 0 Å². The van der Waals surface area contributed by atoms with Crippen LogP contribution in [0.1, 0.15) is 19.8 Å². The first kappa shape index (κ1) is 23.0. The number of nitrogens with one attached hydrogen (secondary N) is 1. The number of carbonyl (C=O) groups is 3. The Morgan fingerprint density at radius 2 is 1.44 bits per heavy atom. The highest BCUT2D eigenvalue weighted by molar-refractivity contribution is 5.77. The third-order valence-electron chi connectivity index (χ3n) is 2.84. The molecule has 0 spiro atoms. The van der Waals surface area contributed by atoms with Crippen LogP contribution in [0, 0.1) is 5.92 Å². The van der Waals surface area contributed by atoms with Crippen molar-refractivity contribution in [1.82, 2.24) is 5.32 Å². The van der Waals surface area contributed by atoms with E-state index in [1.165, 1.54) is 6.92 Å². The van der Waals surface area contributed by atoms with Gasteiger partial charge in [-0.2, -0.15) is 0 Å². The molecule has 0 aromatic carbocycles. The van der Waals surface area contributed by atoms with Crippen molar-refractivity contribution in [2.45, 2.75) is 19.8 Å². The molecule has 0 aromatic rings. The summed E-state index contributed by atoms with van der Waals surface area (Å²) in [5.74, 6) is -0.846. The molecule has 0 atom stereocenters. The number of esters is 2. The molecule has 0 saturated heterocycles. The summed E-state index contributed by atoms with van der Waals surface area (Å²) in [6, 6.07) is 0. The molecule has 0 aliphatic heterocycles. The summed E-state index contributed by atoms with van der Waals surface area (Å²) in [5, 5.41) is 3.01. The van der Waals surface area contributed by atoms with Crippen LogP contribution in [-0.4, -0.2) is 57.2 Å². The molecular formula is C17H27NO7. The van der Waals surface area contributed by atoms with Crippen LogP contribution < -0.4 is 5.32 Å². The molecule has 0 aliphatic rings. The monoisotopic (exact) mass is 357 g/mol. The molecule has 8 nitrogen and oxygen atoms in total. The average molecular weight is 357 g/mol. The summed E-state index contributed by atoms with van der Waals surface area (Å²) in [4.78, 5) is 33.3. The molecule has 0 amide bonds. The van der Waals surface area contributed by atoms with Crippen molar-refractivity contribution in [3.05, 3.63) is 25.7 Å². The number of rotatable bonds is 16. The molecule has 142 valence electrons. The highest BCUT2D eigenvalue weighted by atomic mass is 16.5. The maximum Gasteiger partial charge on any atom is 0.312 e. The predicted molar refractivity (Wildman–Crippen MR) is 90.5 cm³/mol. The first-order valence-electron chi connectivity index (χ1n) is 7.96. The molecular weight excluding hydrogens is 330 g/mol. The van der Waals surface area contributed by atoms with E-state index in [1.54, 1.807) is 0 Å². The van der Waals surface area contributed by atoms with Gasteiger partial charge in [-0.05, 0) is 6.92 Å². The van der Waals surface area contributed by atoms with E-state index in [9.17, 15) is 14.4 Å². The molecule has 0 heterocycles. The Bertz CT molecular complexity index is 407. The summed E-state index contributed by atoms with van der Waals surface area (Å²) < 4.78 is 20.0. The Morgan fingerprint density at radius 1 is 0.960 bits per heavy atom. The zero-order chi connectivity index (χ0) is 18.9. The lowest BCUT2D eigenvalue weighted by Crippen LogP contribution is -2.32. The first-order chi connectivity index (χ1) is 12.0. The summed E-state index contributed by atoms with van der Waals surface area (Å²) in [6.07, 6.45) is 2.38. The normalized spacial score (nSPS) is 10.3. The van der Waals surface area contributed by atoms with Gasteiger partial charge >= 0.3 is 11.9 Å². The number of Topliss-reactive ketones (excluding diaryl/α,β-unsaturated/α-hetero) is 1. The fourth-order valence-corrected chi connectivity index (χ4v) is 1.73. The molecule has 0 radical (unpaired) electrons. The largest absolute Gasteiger partial charge is 0.435 e. The summed E-state index contributed by atoms with van der Waals surface area (Å²) in [7, 11) is 0. The van der Waals surface area contributed by atoms with Crippen LogP contribution in [0.5, 0.6) is 0 Å². The maximum absolute atomic E-state index is 11.2. The van der Waals surface area contributed by atoms with E-state index in [0.717, 1.165) is 12.5 Å². The van der Waals surface area contributed by atoms with E-state index in [-0.39, 0.29) is 44.3 Å². The number of ketones is 1. The summed E-state index contributed by atoms with van der Waals surface area (Å²) in [5.41, 5.74) is 0. The first-order valence-corrected chi connectivity index (χ1v) is 7.96. The topological polar surface area (TPSA) is 100 Å². The number of hydrogen-bond donors (Lipinski definition) is 1. The van der Waals surface area contributed by atoms with Gasteiger partial charge in [-0.15, -0.1) is 0 Å². The SMILES string of the molecule is C=COC(=O)CCOCC(CNCC(C)=O)COCCC(=O)OC=C. The van der Waals surface area contributed by atoms with E-state index in [1.807, 2.05) is 0 Å². The van der Waals surface area contributed by atoms with E-state index in [4.69, 9.17) is 9.47 Å². The van der Waals surface area contributed by atoms with Gasteiger partial charge in [0, 0.05) is 12.5 Å². The van der Waals surface area contributed by atoms with Crippen LogP contribution in [-0.2, 0) is 33.3 Å². The lowest BCUT2D eigenvalue weighted by molar-refractivity contribution is -0.139. The quantitative estimate of drug-likeness (QED) is 0.248. The lowest BCUT2D eigenvalue weighted by Gasteiger charge is -2.17. The Balaban J connectivity index is 4.06. The van der Waals surface area contributed by atoms with Gasteiger partial charge in [0.05, 0.1) is 58.3 Å². The standard InChI is InChI=1S/C17H27NO7/c1-4-24-16(20)6-8-22-12-15(11-18-10-14(3)19)13-23-9-7-17(21)25-5-2/h4-5,15,18H,1-2,6-13H2,3H3. The van der Waals surface area contributed by atoms with Crippen molar-refractivity contribution in [3.63, 3.8) is 0 Å². The van der Waals surface area contributed by atoms with Crippen LogP contribution in [0.3, 0.4) is 0 Å². The molecule has 25 heavy (non-hydrogen) atoms. The number of carbonyl (C=O) groups excluding carboxylic acids is 3. The minimum absolute atomic E-state index is 0.0277. The van der Waals surface area contributed by atoms with Crippen LogP contribution in [0.15, 0.2) is 25.7 Å². The molecule has 0 saturated carbocycles. The molecule has 1 N–H and O–H groups in total. The van der Waals surface area contributed by atoms with Crippen molar-refractivity contribution in [2.75, 3.05) is 39.5 Å². The minimum atomic E-state index is -0.418. The fraction of sp³-hybridized carbons (Fsp3) is 0.588. The van der Waals surface area contributed by atoms with Crippen molar-refractivity contribution in [2.24, 2.45) is 5.92 Å². The van der Waals surface area contributed by atoms with E-state index in [2.05, 4.69) is 27.9 Å². The van der Waals surface area contributed by atoms with Crippen molar-refractivity contribution in [3.8, 4) is 0 Å². The minimum Gasteiger partial charge on any atom is -0.435 e. The van der Waals surface area contributed by atoms with Crippen LogP contribution >= 0.6 is 0 Å². The van der Waals surface area contributed by atoms with Crippen molar-refractivity contribution < 1.29 is 33.3 Å². The van der Waals surface area contributed by atoms with Gasteiger partial charge in [-0.1, -0.05) is 13.2 Å². The molecule has 0 aromatic heterocycles. The Morgan fingerprint density at radius 3 is 1.84 bits per heavy atom. The zero-order valence-electron chi connectivity index (χ0n) is 14.7. The second-order valence-corrected chi connectivity index (χ2v) is 5.16. The molecule has 0 unspecified atom stereocenters. The van der Waals surface area contributed by atoms with Crippen LogP contribution in [0.4, 0.5) is 0 Å². The molecule has 8 heteroatoms. The Hall–Kier alpha value is -2.03. The van der Waals surface area contributed by atoms with E-state index >= 15 is 0 Å². The summed E-state index contributed by atoms with van der Waals surface area (Å²) in [6.45, 7) is 9.94. The van der Waals surface area contributed by atoms with Gasteiger partial charge in [-0.3, -0.25) is 14.4 Å². The number of ether oxygens (including phenoxy) is 4. The second kappa shape index (κ2) is 15.5. The summed E-state index contributed by atoms with van der Waals surface area (Å²) >= 11 is 0. The van der Waals surface area contributed by atoms with Gasteiger partial charge in [-0.25, -0.2) is 0 Å². The van der Waals surface area contributed by atoms with Gasteiger partial charge in [0.1, 0.15) is 5.78 Å². The van der Waals surface area contributed by atoms with Gasteiger partial charge < -0.3 is 24.3 Å². The third-order valence-corrected chi connectivity index (χ3v) is 2.84. The molecule has 0 aliphatic carbocycles. The third kappa shape index (κ3) is 15.2. The highest BCUT2D eigenvalue weighted by Gasteiger charge is 2.11. The predicted octanol–water partition coefficient (Wildman–Crippen LogP) is 0.968. The van der Waals surface area contributed by atoms with Crippen molar-refractivity contribution >= 4 is 17.7 Å².